The summed E-state index contributed by atoms with van der Waals surface area (Å²) < 4.78 is 0. The lowest BCUT2D eigenvalue weighted by atomic mass is 10.0. The number of aromatic amines is 1. The van der Waals surface area contributed by atoms with Gasteiger partial charge in [-0.05, 0) is 49.0 Å². The van der Waals surface area contributed by atoms with Crippen LogP contribution in [-0.2, 0) is 36.8 Å². The summed E-state index contributed by atoms with van der Waals surface area (Å²) in [5.74, 6) is -3.64. The molecule has 0 saturated carbocycles. The summed E-state index contributed by atoms with van der Waals surface area (Å²) in [6.07, 6.45) is 4.45. The van der Waals surface area contributed by atoms with Crippen molar-refractivity contribution in [3.8, 4) is 5.75 Å². The molecule has 0 radical (unpaired) electrons. The predicted molar refractivity (Wildman–Crippen MR) is 147 cm³/mol. The molecule has 2 aromatic rings. The average Bonchev–Trinajstić information content (AvgIpc) is 3.42. The zero-order chi connectivity index (χ0) is 29.7. The van der Waals surface area contributed by atoms with Gasteiger partial charge in [-0.25, -0.2) is 9.78 Å². The lowest BCUT2D eigenvalue weighted by Gasteiger charge is -2.25. The van der Waals surface area contributed by atoms with Gasteiger partial charge >= 0.3 is 5.97 Å². The molecule has 0 aliphatic carbocycles. The number of hydrogen-bond acceptors (Lipinski definition) is 9. The summed E-state index contributed by atoms with van der Waals surface area (Å²) >= 11 is 1.41. The van der Waals surface area contributed by atoms with Crippen LogP contribution in [0.15, 0.2) is 36.8 Å². The highest BCUT2D eigenvalue weighted by Gasteiger charge is 2.31. The summed E-state index contributed by atoms with van der Waals surface area (Å²) in [5.41, 5.74) is 12.5. The van der Waals surface area contributed by atoms with E-state index in [1.807, 2.05) is 0 Å². The second-order valence-corrected chi connectivity index (χ2v) is 10.1. The molecule has 1 aromatic carbocycles. The molecule has 4 amide bonds. The van der Waals surface area contributed by atoms with Crippen LogP contribution >= 0.6 is 11.8 Å². The number of carbonyl (C=O) groups excluding carboxylic acids is 4. The highest BCUT2D eigenvalue weighted by Crippen LogP contribution is 2.11. The third-order valence-corrected chi connectivity index (χ3v) is 6.52. The van der Waals surface area contributed by atoms with Crippen molar-refractivity contribution in [3.05, 3.63) is 48.0 Å². The summed E-state index contributed by atoms with van der Waals surface area (Å²) in [7, 11) is 0. The van der Waals surface area contributed by atoms with Crippen LogP contribution in [-0.4, -0.2) is 86.0 Å². The number of H-pyrrole nitrogens is 1. The molecular formula is C25H35N7O7S. The fraction of sp³-hybridized carbons (Fsp3) is 0.440. The van der Waals surface area contributed by atoms with Gasteiger partial charge in [0.25, 0.3) is 0 Å². The number of benzene rings is 1. The predicted octanol–water partition coefficient (Wildman–Crippen LogP) is -1.21. The van der Waals surface area contributed by atoms with Crippen molar-refractivity contribution in [2.45, 2.75) is 56.3 Å². The number of hydrogen-bond donors (Lipinski definition) is 8. The third kappa shape index (κ3) is 10.9. The Kier molecular flexibility index (Phi) is 12.9. The van der Waals surface area contributed by atoms with E-state index >= 15 is 0 Å². The van der Waals surface area contributed by atoms with Gasteiger partial charge in [0.1, 0.15) is 23.9 Å². The molecule has 40 heavy (non-hydrogen) atoms. The zero-order valence-corrected chi connectivity index (χ0v) is 22.8. The third-order valence-electron chi connectivity index (χ3n) is 5.88. The monoisotopic (exact) mass is 577 g/mol. The smallest absolute Gasteiger partial charge is 0.326 e. The van der Waals surface area contributed by atoms with Crippen molar-refractivity contribution in [1.82, 2.24) is 25.9 Å². The van der Waals surface area contributed by atoms with Crippen LogP contribution < -0.4 is 27.4 Å². The molecule has 1 aromatic heterocycles. The molecular weight excluding hydrogens is 542 g/mol. The largest absolute Gasteiger partial charge is 0.508 e. The molecule has 10 N–H and O–H groups in total. The molecule has 0 fully saturated rings. The van der Waals surface area contributed by atoms with E-state index in [1.54, 1.807) is 18.4 Å². The van der Waals surface area contributed by atoms with Gasteiger partial charge in [-0.15, -0.1) is 0 Å². The normalized spacial score (nSPS) is 13.8. The van der Waals surface area contributed by atoms with Crippen LogP contribution in [0.25, 0.3) is 0 Å². The number of aromatic nitrogens is 2. The molecule has 2 rings (SSSR count). The number of nitrogens with one attached hydrogen (secondary N) is 4. The van der Waals surface area contributed by atoms with Gasteiger partial charge in [0, 0.05) is 24.7 Å². The quantitative estimate of drug-likeness (QED) is 0.111. The summed E-state index contributed by atoms with van der Waals surface area (Å²) in [6.45, 7) is 0. The van der Waals surface area contributed by atoms with E-state index in [-0.39, 0.29) is 37.9 Å². The van der Waals surface area contributed by atoms with Crippen LogP contribution in [0.2, 0.25) is 0 Å². The summed E-state index contributed by atoms with van der Waals surface area (Å²) in [6, 6.07) is 1.40. The Morgan fingerprint density at radius 3 is 2.15 bits per heavy atom. The Labute approximate surface area is 235 Å². The molecule has 4 unspecified atom stereocenters. The number of nitrogens with zero attached hydrogens (tertiary/aromatic N) is 1. The Balaban J connectivity index is 2.18. The number of phenols is 1. The van der Waals surface area contributed by atoms with E-state index in [2.05, 4.69) is 25.9 Å². The van der Waals surface area contributed by atoms with Crippen LogP contribution in [0.4, 0.5) is 0 Å². The number of amides is 4. The highest BCUT2D eigenvalue weighted by molar-refractivity contribution is 7.98. The number of carboxylic acid groups (broad SMARTS) is 1. The topological polar surface area (TPSA) is 243 Å². The zero-order valence-electron chi connectivity index (χ0n) is 22.0. The molecule has 218 valence electrons. The van der Waals surface area contributed by atoms with Gasteiger partial charge < -0.3 is 42.6 Å². The van der Waals surface area contributed by atoms with Gasteiger partial charge in [-0.3, -0.25) is 19.2 Å². The molecule has 0 bridgehead atoms. The standard InChI is InChI=1S/C25H35N7O7S/c1-40-9-8-19(25(38)39)31-23(36)18(6-7-21(27)34)30-24(37)20(11-15-12-28-13-29-15)32-22(35)17(26)10-14-2-4-16(33)5-3-14/h2-5,12-13,17-20,33H,6-11,26H2,1H3,(H2,27,34)(H,28,29)(H,30,37)(H,31,36)(H,32,35)(H,38,39). The lowest BCUT2D eigenvalue weighted by molar-refractivity contribution is -0.142. The number of nitrogens with two attached hydrogens (primary N) is 2. The maximum atomic E-state index is 13.3. The number of carbonyl (C=O) groups is 5. The molecule has 0 spiro atoms. The van der Waals surface area contributed by atoms with E-state index in [9.17, 15) is 34.2 Å². The van der Waals surface area contributed by atoms with Crippen molar-refractivity contribution in [2.24, 2.45) is 11.5 Å². The van der Waals surface area contributed by atoms with E-state index < -0.39 is 53.8 Å². The van der Waals surface area contributed by atoms with Gasteiger partial charge in [0.05, 0.1) is 12.4 Å². The average molecular weight is 578 g/mol. The fourth-order valence-electron chi connectivity index (χ4n) is 3.68. The van der Waals surface area contributed by atoms with Crippen molar-refractivity contribution in [3.63, 3.8) is 0 Å². The lowest BCUT2D eigenvalue weighted by Crippen LogP contribution is -2.58. The first kappa shape index (κ1) is 32.1. The second-order valence-electron chi connectivity index (χ2n) is 9.07. The van der Waals surface area contributed by atoms with Crippen molar-refractivity contribution >= 4 is 41.4 Å². The minimum Gasteiger partial charge on any atom is -0.508 e. The second kappa shape index (κ2) is 16.1. The number of aromatic hydroxyl groups is 1. The van der Waals surface area contributed by atoms with E-state index in [0.29, 0.717) is 17.0 Å². The van der Waals surface area contributed by atoms with Gasteiger partial charge in [0.2, 0.25) is 23.6 Å². The highest BCUT2D eigenvalue weighted by atomic mass is 32.2. The first-order chi connectivity index (χ1) is 19.0. The minimum atomic E-state index is -1.30. The molecule has 14 nitrogen and oxygen atoms in total. The number of phenolic OH excluding ortho intramolecular Hbond substituents is 1. The molecule has 0 saturated heterocycles. The summed E-state index contributed by atoms with van der Waals surface area (Å²) in [4.78, 5) is 69.0. The fourth-order valence-corrected chi connectivity index (χ4v) is 4.15. The maximum Gasteiger partial charge on any atom is 0.326 e. The number of imidazole rings is 1. The van der Waals surface area contributed by atoms with Crippen molar-refractivity contribution < 1.29 is 34.2 Å². The first-order valence-electron chi connectivity index (χ1n) is 12.4. The SMILES string of the molecule is CSCCC(NC(=O)C(CCC(N)=O)NC(=O)C(Cc1cnc[nH]1)NC(=O)C(N)Cc1ccc(O)cc1)C(=O)O. The number of carboxylic acids is 1. The van der Waals surface area contributed by atoms with E-state index in [0.717, 1.165) is 0 Å². The first-order valence-corrected chi connectivity index (χ1v) is 13.8. The number of rotatable bonds is 17. The molecule has 1 heterocycles. The molecule has 0 aliphatic rings. The van der Waals surface area contributed by atoms with E-state index in [1.165, 1.54) is 36.4 Å². The number of aliphatic carboxylic acids is 1. The Morgan fingerprint density at radius 2 is 1.57 bits per heavy atom. The van der Waals surface area contributed by atoms with Crippen LogP contribution in [0, 0.1) is 0 Å². The van der Waals surface area contributed by atoms with Gasteiger partial charge in [-0.1, -0.05) is 12.1 Å². The van der Waals surface area contributed by atoms with Crippen LogP contribution in [0.5, 0.6) is 5.75 Å². The van der Waals surface area contributed by atoms with E-state index in [4.69, 9.17) is 11.5 Å². The van der Waals surface area contributed by atoms with Gasteiger partial charge in [0.15, 0.2) is 0 Å². The molecule has 0 aliphatic heterocycles. The number of thioether (sulfide) groups is 1. The van der Waals surface area contributed by atoms with Gasteiger partial charge in [-0.2, -0.15) is 11.8 Å². The Morgan fingerprint density at radius 1 is 0.950 bits per heavy atom. The Hall–Kier alpha value is -4.11. The van der Waals surface area contributed by atoms with Crippen molar-refractivity contribution in [2.75, 3.05) is 12.0 Å². The van der Waals surface area contributed by atoms with Crippen LogP contribution in [0.1, 0.15) is 30.5 Å². The van der Waals surface area contributed by atoms with Crippen molar-refractivity contribution in [1.29, 1.82) is 0 Å². The summed E-state index contributed by atoms with van der Waals surface area (Å²) in [5, 5.41) is 26.4. The maximum absolute atomic E-state index is 13.3. The Bertz CT molecular complexity index is 1140. The number of primary amides is 1. The van der Waals surface area contributed by atoms with Crippen LogP contribution in [0.3, 0.4) is 0 Å². The molecule has 4 atom stereocenters. The molecule has 15 heteroatoms. The minimum absolute atomic E-state index is 0.0286.